The van der Waals surface area contributed by atoms with E-state index in [2.05, 4.69) is 0 Å². The second-order valence-corrected chi connectivity index (χ2v) is 4.10. The molecule has 4 heteroatoms. The Balaban J connectivity index is 2.69. The highest BCUT2D eigenvalue weighted by Gasteiger charge is 2.13. The van der Waals surface area contributed by atoms with Crippen molar-refractivity contribution in [3.8, 4) is 5.75 Å². The van der Waals surface area contributed by atoms with Crippen LogP contribution in [0.25, 0.3) is 10.1 Å². The fraction of sp³-hybridized carbons (Fsp3) is 0.200. The summed E-state index contributed by atoms with van der Waals surface area (Å²) in [7, 11) is 0. The van der Waals surface area contributed by atoms with Gasteiger partial charge >= 0.3 is 0 Å². The lowest BCUT2D eigenvalue weighted by molar-refractivity contribution is 0.323. The van der Waals surface area contributed by atoms with Crippen molar-refractivity contribution < 1.29 is 9.13 Å². The largest absolute Gasteiger partial charge is 0.489 e. The van der Waals surface area contributed by atoms with Crippen molar-refractivity contribution in [2.24, 2.45) is 0 Å². The number of ether oxygens (including phenoxy) is 1. The van der Waals surface area contributed by atoms with Crippen LogP contribution >= 0.6 is 22.9 Å². The van der Waals surface area contributed by atoms with Crippen molar-refractivity contribution in [1.29, 1.82) is 0 Å². The Morgan fingerprint density at radius 2 is 2.36 bits per heavy atom. The summed E-state index contributed by atoms with van der Waals surface area (Å²) in [6.45, 7) is 2.21. The molecule has 0 saturated carbocycles. The van der Waals surface area contributed by atoms with E-state index in [1.165, 1.54) is 11.3 Å². The van der Waals surface area contributed by atoms with Crippen LogP contribution in [0.4, 0.5) is 4.39 Å². The van der Waals surface area contributed by atoms with Crippen molar-refractivity contribution in [2.45, 2.75) is 6.92 Å². The van der Waals surface area contributed by atoms with Gasteiger partial charge in [0.2, 0.25) is 0 Å². The summed E-state index contributed by atoms with van der Waals surface area (Å²) in [6, 6.07) is 3.56. The lowest BCUT2D eigenvalue weighted by atomic mass is 10.2. The van der Waals surface area contributed by atoms with Crippen molar-refractivity contribution in [3.63, 3.8) is 0 Å². The predicted octanol–water partition coefficient (Wildman–Crippen LogP) is 4.09. The standard InChI is InChI=1S/C10H8ClFOS/c1-2-13-9-7(11)5-6-3-4-14-10(6)8(9)12/h3-5H,2H2,1H3. The molecule has 2 aromatic rings. The summed E-state index contributed by atoms with van der Waals surface area (Å²) in [6.07, 6.45) is 0. The van der Waals surface area contributed by atoms with E-state index in [1.54, 1.807) is 13.0 Å². The highest BCUT2D eigenvalue weighted by molar-refractivity contribution is 7.17. The van der Waals surface area contributed by atoms with Gasteiger partial charge in [-0.25, -0.2) is 4.39 Å². The molecule has 74 valence electrons. The molecule has 0 atom stereocenters. The van der Waals surface area contributed by atoms with E-state index >= 15 is 0 Å². The maximum atomic E-state index is 13.8. The summed E-state index contributed by atoms with van der Waals surface area (Å²) in [5.41, 5.74) is 0. The highest BCUT2D eigenvalue weighted by Crippen LogP contribution is 2.36. The van der Waals surface area contributed by atoms with Gasteiger partial charge in [-0.2, -0.15) is 0 Å². The number of halogens is 2. The van der Waals surface area contributed by atoms with E-state index in [4.69, 9.17) is 16.3 Å². The van der Waals surface area contributed by atoms with Gasteiger partial charge in [0, 0.05) is 0 Å². The molecule has 1 nitrogen and oxygen atoms in total. The molecule has 1 heterocycles. The number of fused-ring (bicyclic) bond motifs is 1. The molecule has 0 N–H and O–H groups in total. The van der Waals surface area contributed by atoms with Gasteiger partial charge in [-0.1, -0.05) is 11.6 Å². The van der Waals surface area contributed by atoms with Crippen LogP contribution in [-0.4, -0.2) is 6.61 Å². The van der Waals surface area contributed by atoms with E-state index in [-0.39, 0.29) is 11.6 Å². The molecule has 0 aliphatic rings. The van der Waals surface area contributed by atoms with Crippen molar-refractivity contribution >= 4 is 33.0 Å². The van der Waals surface area contributed by atoms with E-state index in [0.29, 0.717) is 16.3 Å². The first-order valence-corrected chi connectivity index (χ1v) is 5.47. The quantitative estimate of drug-likeness (QED) is 0.755. The number of rotatable bonds is 2. The first-order valence-electron chi connectivity index (χ1n) is 4.22. The van der Waals surface area contributed by atoms with E-state index < -0.39 is 0 Å². The van der Waals surface area contributed by atoms with Crippen LogP contribution in [0.5, 0.6) is 5.75 Å². The first-order chi connectivity index (χ1) is 6.74. The third-order valence-electron chi connectivity index (χ3n) is 1.88. The molecule has 0 aliphatic heterocycles. The number of hydrogen-bond donors (Lipinski definition) is 0. The first kappa shape index (κ1) is 9.74. The van der Waals surface area contributed by atoms with Crippen molar-refractivity contribution in [1.82, 2.24) is 0 Å². The van der Waals surface area contributed by atoms with Crippen molar-refractivity contribution in [3.05, 3.63) is 28.4 Å². The summed E-state index contributed by atoms with van der Waals surface area (Å²) < 4.78 is 19.5. The normalized spacial score (nSPS) is 10.8. The third kappa shape index (κ3) is 1.47. The van der Waals surface area contributed by atoms with Gasteiger partial charge in [-0.05, 0) is 29.8 Å². The Morgan fingerprint density at radius 1 is 1.57 bits per heavy atom. The molecule has 0 bridgehead atoms. The molecule has 0 aliphatic carbocycles. The molecule has 2 rings (SSSR count). The molecular weight excluding hydrogens is 223 g/mol. The highest BCUT2D eigenvalue weighted by atomic mass is 35.5. The Morgan fingerprint density at radius 3 is 3.07 bits per heavy atom. The molecular formula is C10H8ClFOS. The monoisotopic (exact) mass is 230 g/mol. The molecule has 1 aromatic heterocycles. The second-order valence-electron chi connectivity index (χ2n) is 2.77. The Bertz CT molecular complexity index is 466. The van der Waals surface area contributed by atoms with Crippen LogP contribution in [-0.2, 0) is 0 Å². The topological polar surface area (TPSA) is 9.23 Å². The minimum Gasteiger partial charge on any atom is -0.489 e. The lowest BCUT2D eigenvalue weighted by Crippen LogP contribution is -1.95. The van der Waals surface area contributed by atoms with Crippen LogP contribution in [0.3, 0.4) is 0 Å². The third-order valence-corrected chi connectivity index (χ3v) is 3.09. The fourth-order valence-corrected chi connectivity index (χ4v) is 2.36. The number of benzene rings is 1. The van der Waals surface area contributed by atoms with E-state index in [0.717, 1.165) is 5.39 Å². The van der Waals surface area contributed by atoms with Gasteiger partial charge in [0.15, 0.2) is 11.6 Å². The van der Waals surface area contributed by atoms with Gasteiger partial charge < -0.3 is 4.74 Å². The molecule has 0 saturated heterocycles. The van der Waals surface area contributed by atoms with Gasteiger partial charge in [-0.3, -0.25) is 0 Å². The Labute approximate surface area is 90.1 Å². The zero-order valence-electron chi connectivity index (χ0n) is 7.51. The molecule has 14 heavy (non-hydrogen) atoms. The minimum atomic E-state index is -0.357. The van der Waals surface area contributed by atoms with Gasteiger partial charge in [0.1, 0.15) is 0 Å². The van der Waals surface area contributed by atoms with E-state index in [1.807, 2.05) is 11.4 Å². The maximum Gasteiger partial charge on any atom is 0.184 e. The molecule has 0 spiro atoms. The van der Waals surface area contributed by atoms with Crippen LogP contribution < -0.4 is 4.74 Å². The molecule has 0 radical (unpaired) electrons. The molecule has 0 unspecified atom stereocenters. The zero-order valence-corrected chi connectivity index (χ0v) is 9.08. The number of thiophene rings is 1. The number of hydrogen-bond acceptors (Lipinski definition) is 2. The van der Waals surface area contributed by atoms with Gasteiger partial charge in [0.05, 0.1) is 16.3 Å². The zero-order chi connectivity index (χ0) is 10.1. The smallest absolute Gasteiger partial charge is 0.184 e. The van der Waals surface area contributed by atoms with Gasteiger partial charge in [-0.15, -0.1) is 11.3 Å². The minimum absolute atomic E-state index is 0.157. The van der Waals surface area contributed by atoms with Crippen LogP contribution in [0.15, 0.2) is 17.5 Å². The van der Waals surface area contributed by atoms with Crippen molar-refractivity contribution in [2.75, 3.05) is 6.61 Å². The fourth-order valence-electron chi connectivity index (χ4n) is 1.30. The summed E-state index contributed by atoms with van der Waals surface area (Å²) in [4.78, 5) is 0. The SMILES string of the molecule is CCOc1c(Cl)cc2ccsc2c1F. The Hall–Kier alpha value is -0.800. The Kier molecular flexibility index (Phi) is 2.61. The predicted molar refractivity (Wildman–Crippen MR) is 58.0 cm³/mol. The lowest BCUT2D eigenvalue weighted by Gasteiger charge is -2.07. The van der Waals surface area contributed by atoms with Crippen LogP contribution in [0.2, 0.25) is 5.02 Å². The second kappa shape index (κ2) is 3.75. The molecule has 1 aromatic carbocycles. The van der Waals surface area contributed by atoms with Crippen LogP contribution in [0, 0.1) is 5.82 Å². The average molecular weight is 231 g/mol. The summed E-state index contributed by atoms with van der Waals surface area (Å²) >= 11 is 7.23. The van der Waals surface area contributed by atoms with Gasteiger partial charge in [0.25, 0.3) is 0 Å². The van der Waals surface area contributed by atoms with E-state index in [9.17, 15) is 4.39 Å². The van der Waals surface area contributed by atoms with Crippen LogP contribution in [0.1, 0.15) is 6.92 Å². The summed E-state index contributed by atoms with van der Waals surface area (Å²) in [5, 5.41) is 2.98. The molecule has 0 fully saturated rings. The average Bonchev–Trinajstić information content (AvgIpc) is 2.60. The maximum absolute atomic E-state index is 13.8. The molecule has 0 amide bonds. The summed E-state index contributed by atoms with van der Waals surface area (Å²) in [5.74, 6) is -0.200.